The summed E-state index contributed by atoms with van der Waals surface area (Å²) >= 11 is 1.78. The van der Waals surface area contributed by atoms with Crippen molar-refractivity contribution in [3.63, 3.8) is 0 Å². The zero-order chi connectivity index (χ0) is 12.8. The third-order valence-corrected chi connectivity index (χ3v) is 4.76. The van der Waals surface area contributed by atoms with E-state index in [9.17, 15) is 0 Å². The number of fused-ring (bicyclic) bond motifs is 2. The number of nitrogens with zero attached hydrogens (tertiary/aromatic N) is 2. The van der Waals surface area contributed by atoms with E-state index in [1.807, 2.05) is 12.1 Å². The summed E-state index contributed by atoms with van der Waals surface area (Å²) in [5.74, 6) is 0. The first-order valence-electron chi connectivity index (χ1n) is 6.27. The highest BCUT2D eigenvalue weighted by Crippen LogP contribution is 2.50. The normalized spacial score (nSPS) is 18.1. The Morgan fingerprint density at radius 3 is 2.79 bits per heavy atom. The van der Waals surface area contributed by atoms with Gasteiger partial charge in [-0.05, 0) is 18.2 Å². The highest BCUT2D eigenvalue weighted by Gasteiger charge is 2.30. The maximum atomic E-state index is 9.16. The van der Waals surface area contributed by atoms with Crippen molar-refractivity contribution in [1.29, 1.82) is 0 Å². The van der Waals surface area contributed by atoms with Crippen LogP contribution in [0.5, 0.6) is 0 Å². The van der Waals surface area contributed by atoms with Crippen molar-refractivity contribution in [3.05, 3.63) is 48.0 Å². The summed E-state index contributed by atoms with van der Waals surface area (Å²) in [5.41, 5.74) is 4.27. The van der Waals surface area contributed by atoms with Crippen molar-refractivity contribution in [2.24, 2.45) is 5.16 Å². The van der Waals surface area contributed by atoms with E-state index in [-0.39, 0.29) is 0 Å². The van der Waals surface area contributed by atoms with Crippen molar-refractivity contribution in [2.75, 3.05) is 11.4 Å². The summed E-state index contributed by atoms with van der Waals surface area (Å²) in [4.78, 5) is 4.86. The number of benzene rings is 2. The molecule has 2 aliphatic heterocycles. The van der Waals surface area contributed by atoms with Crippen LogP contribution in [-0.2, 0) is 0 Å². The predicted molar refractivity (Wildman–Crippen MR) is 77.0 cm³/mol. The second kappa shape index (κ2) is 4.03. The SMILES string of the molecule is O/N=C1/CCN2c3ccccc3Sc3cccc1c32. The molecular weight excluding hydrogens is 256 g/mol. The predicted octanol–water partition coefficient (Wildman–Crippen LogP) is 3.87. The zero-order valence-corrected chi connectivity index (χ0v) is 11.0. The first-order chi connectivity index (χ1) is 9.38. The lowest BCUT2D eigenvalue weighted by atomic mass is 9.98. The molecule has 2 aromatic carbocycles. The molecule has 2 heterocycles. The summed E-state index contributed by atoms with van der Waals surface area (Å²) in [6, 6.07) is 14.7. The maximum Gasteiger partial charge on any atom is 0.0906 e. The second-order valence-electron chi connectivity index (χ2n) is 4.67. The molecule has 0 spiro atoms. The fraction of sp³-hybridized carbons (Fsp3) is 0.133. The Morgan fingerprint density at radius 2 is 1.89 bits per heavy atom. The molecule has 3 nitrogen and oxygen atoms in total. The first kappa shape index (κ1) is 10.9. The molecule has 0 aromatic heterocycles. The number of anilines is 2. The van der Waals surface area contributed by atoms with Crippen molar-refractivity contribution < 1.29 is 5.21 Å². The minimum atomic E-state index is 0.770. The summed E-state index contributed by atoms with van der Waals surface area (Å²) in [5, 5.41) is 12.6. The van der Waals surface area contributed by atoms with Crippen molar-refractivity contribution >= 4 is 28.8 Å². The third-order valence-electron chi connectivity index (χ3n) is 3.65. The van der Waals surface area contributed by atoms with Gasteiger partial charge in [0.05, 0.1) is 17.1 Å². The van der Waals surface area contributed by atoms with Gasteiger partial charge in [0.1, 0.15) is 0 Å². The number of para-hydroxylation sites is 2. The van der Waals surface area contributed by atoms with Gasteiger partial charge in [0, 0.05) is 28.3 Å². The van der Waals surface area contributed by atoms with Gasteiger partial charge < -0.3 is 10.1 Å². The first-order valence-corrected chi connectivity index (χ1v) is 7.09. The van der Waals surface area contributed by atoms with Gasteiger partial charge in [-0.15, -0.1) is 0 Å². The van der Waals surface area contributed by atoms with Crippen molar-refractivity contribution in [1.82, 2.24) is 0 Å². The number of oxime groups is 1. The van der Waals surface area contributed by atoms with Crippen LogP contribution in [0.1, 0.15) is 12.0 Å². The summed E-state index contributed by atoms with van der Waals surface area (Å²) in [7, 11) is 0. The third kappa shape index (κ3) is 1.50. The lowest BCUT2D eigenvalue weighted by molar-refractivity contribution is 0.318. The molecule has 1 N–H and O–H groups in total. The van der Waals surface area contributed by atoms with Gasteiger partial charge in [-0.25, -0.2) is 0 Å². The number of hydrogen-bond acceptors (Lipinski definition) is 4. The van der Waals surface area contributed by atoms with Gasteiger partial charge in [0.25, 0.3) is 0 Å². The molecule has 0 unspecified atom stereocenters. The molecule has 2 aromatic rings. The smallest absolute Gasteiger partial charge is 0.0906 e. The number of hydrogen-bond donors (Lipinski definition) is 1. The van der Waals surface area contributed by atoms with E-state index in [0.29, 0.717) is 0 Å². The van der Waals surface area contributed by atoms with Crippen LogP contribution in [0.25, 0.3) is 0 Å². The zero-order valence-electron chi connectivity index (χ0n) is 10.2. The lowest BCUT2D eigenvalue weighted by Crippen LogP contribution is -2.30. The molecule has 0 amide bonds. The summed E-state index contributed by atoms with van der Waals surface area (Å²) < 4.78 is 0. The van der Waals surface area contributed by atoms with E-state index in [0.717, 1.165) is 24.2 Å². The van der Waals surface area contributed by atoms with E-state index in [4.69, 9.17) is 5.21 Å². The van der Waals surface area contributed by atoms with Crippen LogP contribution in [-0.4, -0.2) is 17.5 Å². The Morgan fingerprint density at radius 1 is 1.05 bits per heavy atom. The minimum Gasteiger partial charge on any atom is -0.411 e. The fourth-order valence-electron chi connectivity index (χ4n) is 2.81. The molecule has 0 bridgehead atoms. The standard InChI is InChI=1S/C15H12N2OS/c18-16-11-8-9-17-12-5-1-2-6-13(12)19-14-7-3-4-10(11)15(14)17/h1-7,18H,8-9H2/b16-11-. The molecular formula is C15H12N2OS. The Hall–Kier alpha value is -1.94. The molecule has 94 valence electrons. The van der Waals surface area contributed by atoms with Crippen LogP contribution in [0, 0.1) is 0 Å². The monoisotopic (exact) mass is 268 g/mol. The Balaban J connectivity index is 1.99. The van der Waals surface area contributed by atoms with E-state index < -0.39 is 0 Å². The molecule has 4 heteroatoms. The molecule has 0 atom stereocenters. The quantitative estimate of drug-likeness (QED) is 0.582. The van der Waals surface area contributed by atoms with Gasteiger partial charge in [-0.1, -0.05) is 41.2 Å². The lowest BCUT2D eigenvalue weighted by Gasteiger charge is -2.37. The minimum absolute atomic E-state index is 0.770. The van der Waals surface area contributed by atoms with Gasteiger partial charge >= 0.3 is 0 Å². The van der Waals surface area contributed by atoms with Crippen LogP contribution in [0.4, 0.5) is 11.4 Å². The van der Waals surface area contributed by atoms with E-state index in [1.165, 1.54) is 21.2 Å². The van der Waals surface area contributed by atoms with Gasteiger partial charge in [-0.3, -0.25) is 0 Å². The van der Waals surface area contributed by atoms with Crippen LogP contribution >= 0.6 is 11.8 Å². The molecule has 0 fully saturated rings. The van der Waals surface area contributed by atoms with Crippen LogP contribution in [0.3, 0.4) is 0 Å². The van der Waals surface area contributed by atoms with Crippen LogP contribution in [0.2, 0.25) is 0 Å². The maximum absolute atomic E-state index is 9.16. The van der Waals surface area contributed by atoms with Gasteiger partial charge in [-0.2, -0.15) is 0 Å². The Labute approximate surface area is 115 Å². The average molecular weight is 268 g/mol. The Bertz CT molecular complexity index is 696. The summed E-state index contributed by atoms with van der Waals surface area (Å²) in [6.07, 6.45) is 0.770. The molecule has 19 heavy (non-hydrogen) atoms. The van der Waals surface area contributed by atoms with Gasteiger partial charge in [0.2, 0.25) is 0 Å². The number of rotatable bonds is 0. The highest BCUT2D eigenvalue weighted by molar-refractivity contribution is 7.99. The molecule has 2 aliphatic rings. The van der Waals surface area contributed by atoms with E-state index >= 15 is 0 Å². The summed E-state index contributed by atoms with van der Waals surface area (Å²) in [6.45, 7) is 0.862. The van der Waals surface area contributed by atoms with Gasteiger partial charge in [0.15, 0.2) is 0 Å². The average Bonchev–Trinajstić information content (AvgIpc) is 2.48. The highest BCUT2D eigenvalue weighted by atomic mass is 32.2. The fourth-order valence-corrected chi connectivity index (χ4v) is 3.94. The van der Waals surface area contributed by atoms with E-state index in [1.54, 1.807) is 11.8 Å². The second-order valence-corrected chi connectivity index (χ2v) is 5.75. The Kier molecular flexibility index (Phi) is 2.32. The largest absolute Gasteiger partial charge is 0.411 e. The van der Waals surface area contributed by atoms with Crippen LogP contribution in [0.15, 0.2) is 57.4 Å². The van der Waals surface area contributed by atoms with E-state index in [2.05, 4.69) is 40.4 Å². The molecule has 0 aliphatic carbocycles. The molecule has 0 saturated carbocycles. The van der Waals surface area contributed by atoms with Crippen molar-refractivity contribution in [3.8, 4) is 0 Å². The van der Waals surface area contributed by atoms with Crippen molar-refractivity contribution in [2.45, 2.75) is 16.2 Å². The molecule has 0 saturated heterocycles. The molecule has 0 radical (unpaired) electrons. The topological polar surface area (TPSA) is 35.8 Å². The van der Waals surface area contributed by atoms with Crippen LogP contribution < -0.4 is 4.90 Å². The molecule has 4 rings (SSSR count).